The maximum absolute atomic E-state index is 13.0. The van der Waals surface area contributed by atoms with Crippen LogP contribution in [0.4, 0.5) is 11.4 Å². The monoisotopic (exact) mass is 400 g/mol. The van der Waals surface area contributed by atoms with Crippen LogP contribution in [-0.4, -0.2) is 17.7 Å². The molecule has 0 aromatic heterocycles. The van der Waals surface area contributed by atoms with Crippen molar-refractivity contribution in [3.63, 3.8) is 0 Å². The fraction of sp³-hybridized carbons (Fsp3) is 0.320. The molecule has 152 valence electrons. The van der Waals surface area contributed by atoms with Crippen LogP contribution in [0.5, 0.6) is 0 Å². The number of benzene rings is 2. The molecule has 1 heterocycles. The predicted molar refractivity (Wildman–Crippen MR) is 115 cm³/mol. The molecule has 4 unspecified atom stereocenters. The minimum Gasteiger partial charge on any atom is -0.326 e. The fourth-order valence-electron chi connectivity index (χ4n) is 5.20. The second kappa shape index (κ2) is 7.24. The number of aryl methyl sites for hydroxylation is 1. The largest absolute Gasteiger partial charge is 0.326 e. The summed E-state index contributed by atoms with van der Waals surface area (Å²) < 4.78 is 0. The summed E-state index contributed by atoms with van der Waals surface area (Å²) in [4.78, 5) is 39.8. The number of carbonyl (C=O) groups is 3. The number of hydrogen-bond acceptors (Lipinski definition) is 3. The van der Waals surface area contributed by atoms with Crippen molar-refractivity contribution < 1.29 is 14.4 Å². The summed E-state index contributed by atoms with van der Waals surface area (Å²) in [6.45, 7) is 1.98. The average Bonchev–Trinajstić information content (AvgIpc) is 3.02. The van der Waals surface area contributed by atoms with Crippen LogP contribution in [0.3, 0.4) is 0 Å². The number of carbonyl (C=O) groups excluding carboxylic acids is 3. The van der Waals surface area contributed by atoms with Gasteiger partial charge in [0.15, 0.2) is 0 Å². The molecule has 3 amide bonds. The molecule has 30 heavy (non-hydrogen) atoms. The third kappa shape index (κ3) is 3.15. The van der Waals surface area contributed by atoms with Crippen LogP contribution in [0.2, 0.25) is 0 Å². The molecule has 4 aliphatic rings. The lowest BCUT2D eigenvalue weighted by molar-refractivity contribution is -0.124. The maximum atomic E-state index is 13.0. The molecule has 1 N–H and O–H groups in total. The van der Waals surface area contributed by atoms with Crippen molar-refractivity contribution >= 4 is 29.1 Å². The van der Waals surface area contributed by atoms with Crippen molar-refractivity contribution in [3.8, 4) is 0 Å². The minimum absolute atomic E-state index is 0.0750. The summed E-state index contributed by atoms with van der Waals surface area (Å²) in [6, 6.07) is 14.9. The summed E-state index contributed by atoms with van der Waals surface area (Å²) in [5.41, 5.74) is 3.29. The maximum Gasteiger partial charge on any atom is 0.238 e. The van der Waals surface area contributed by atoms with Gasteiger partial charge in [-0.15, -0.1) is 0 Å². The van der Waals surface area contributed by atoms with Crippen molar-refractivity contribution in [1.82, 2.24) is 0 Å². The van der Waals surface area contributed by atoms with E-state index in [1.807, 2.05) is 43.3 Å². The van der Waals surface area contributed by atoms with Gasteiger partial charge in [0.1, 0.15) is 0 Å². The Hall–Kier alpha value is -3.21. The topological polar surface area (TPSA) is 66.5 Å². The lowest BCUT2D eigenvalue weighted by atomic mass is 9.63. The van der Waals surface area contributed by atoms with E-state index in [2.05, 4.69) is 17.5 Å². The van der Waals surface area contributed by atoms with Gasteiger partial charge in [0.05, 0.1) is 23.9 Å². The molecule has 5 heteroatoms. The third-order valence-electron chi connectivity index (χ3n) is 6.62. The summed E-state index contributed by atoms with van der Waals surface area (Å²) in [5.74, 6) is -0.294. The Bertz CT molecular complexity index is 1020. The lowest BCUT2D eigenvalue weighted by Crippen LogP contribution is -2.38. The highest BCUT2D eigenvalue weighted by Gasteiger charge is 2.56. The summed E-state index contributed by atoms with van der Waals surface area (Å²) >= 11 is 0. The number of nitrogens with one attached hydrogen (secondary N) is 1. The van der Waals surface area contributed by atoms with E-state index >= 15 is 0 Å². The fourth-order valence-corrected chi connectivity index (χ4v) is 5.20. The smallest absolute Gasteiger partial charge is 0.238 e. The van der Waals surface area contributed by atoms with Crippen molar-refractivity contribution in [2.45, 2.75) is 26.2 Å². The van der Waals surface area contributed by atoms with Gasteiger partial charge >= 0.3 is 0 Å². The first-order valence-corrected chi connectivity index (χ1v) is 10.5. The number of allylic oxidation sites excluding steroid dienone is 2. The first-order chi connectivity index (χ1) is 14.5. The van der Waals surface area contributed by atoms with Crippen LogP contribution in [0.1, 0.15) is 24.0 Å². The van der Waals surface area contributed by atoms with Gasteiger partial charge < -0.3 is 5.32 Å². The van der Waals surface area contributed by atoms with E-state index in [1.54, 1.807) is 12.1 Å². The van der Waals surface area contributed by atoms with Crippen LogP contribution in [-0.2, 0) is 20.8 Å². The van der Waals surface area contributed by atoms with Gasteiger partial charge in [-0.25, -0.2) is 0 Å². The molecule has 1 aliphatic heterocycles. The lowest BCUT2D eigenvalue weighted by Gasteiger charge is -2.38. The van der Waals surface area contributed by atoms with Gasteiger partial charge in [0.2, 0.25) is 17.7 Å². The van der Waals surface area contributed by atoms with E-state index in [-0.39, 0.29) is 47.8 Å². The highest BCUT2D eigenvalue weighted by molar-refractivity contribution is 6.22. The molecule has 1 saturated carbocycles. The molecular weight excluding hydrogens is 376 g/mol. The van der Waals surface area contributed by atoms with Gasteiger partial charge in [-0.2, -0.15) is 0 Å². The second-order valence-electron chi connectivity index (χ2n) is 8.61. The molecule has 3 aliphatic carbocycles. The second-order valence-corrected chi connectivity index (χ2v) is 8.61. The standard InChI is InChI=1S/C25H24N2O3/c1-15-3-2-4-19(13-15)26-21(28)14-16-5-11-20(12-6-16)27-24(29)22-17-7-8-18(10-9-17)23(22)25(27)30/h2-8,11-13,17-18,22-23H,9-10,14H2,1H3,(H,26,28). The van der Waals surface area contributed by atoms with Gasteiger partial charge in [0, 0.05) is 5.69 Å². The van der Waals surface area contributed by atoms with E-state index < -0.39 is 0 Å². The van der Waals surface area contributed by atoms with Gasteiger partial charge in [0.25, 0.3) is 0 Å². The molecule has 4 atom stereocenters. The molecule has 2 fully saturated rings. The van der Waals surface area contributed by atoms with Gasteiger partial charge in [-0.05, 0) is 67.0 Å². The number of fused-ring (bicyclic) bond motifs is 1. The molecule has 2 bridgehead atoms. The van der Waals surface area contributed by atoms with E-state index in [1.165, 1.54) is 4.90 Å². The molecule has 0 spiro atoms. The molecule has 6 rings (SSSR count). The summed E-state index contributed by atoms with van der Waals surface area (Å²) in [6.07, 6.45) is 6.46. The predicted octanol–water partition coefficient (Wildman–Crippen LogP) is 3.88. The van der Waals surface area contributed by atoms with E-state index in [4.69, 9.17) is 0 Å². The quantitative estimate of drug-likeness (QED) is 0.626. The van der Waals surface area contributed by atoms with Gasteiger partial charge in [-0.3, -0.25) is 19.3 Å². The van der Waals surface area contributed by atoms with Crippen molar-refractivity contribution in [3.05, 3.63) is 71.8 Å². The Morgan fingerprint density at radius 1 is 0.967 bits per heavy atom. The molecule has 0 radical (unpaired) electrons. The first kappa shape index (κ1) is 18.8. The Morgan fingerprint density at radius 2 is 1.60 bits per heavy atom. The van der Waals surface area contributed by atoms with Crippen molar-refractivity contribution in [2.75, 3.05) is 10.2 Å². The summed E-state index contributed by atoms with van der Waals surface area (Å²) in [5, 5.41) is 2.90. The van der Waals surface area contributed by atoms with E-state index in [0.29, 0.717) is 5.69 Å². The average molecular weight is 400 g/mol. The zero-order valence-corrected chi connectivity index (χ0v) is 16.9. The Balaban J connectivity index is 1.29. The van der Waals surface area contributed by atoms with Crippen LogP contribution >= 0.6 is 0 Å². The molecule has 1 saturated heterocycles. The number of hydrogen-bond donors (Lipinski definition) is 1. The highest BCUT2D eigenvalue weighted by Crippen LogP contribution is 2.50. The van der Waals surface area contributed by atoms with Gasteiger partial charge in [-0.1, -0.05) is 36.4 Å². The van der Waals surface area contributed by atoms with Crippen molar-refractivity contribution in [1.29, 1.82) is 0 Å². The SMILES string of the molecule is Cc1cccc(NC(=O)Cc2ccc(N3C(=O)C4C5C=CC(CC5)C4C3=O)cc2)c1. The number of anilines is 2. The van der Waals surface area contributed by atoms with Crippen LogP contribution in [0, 0.1) is 30.6 Å². The Kier molecular flexibility index (Phi) is 4.54. The molecule has 2 aromatic rings. The third-order valence-corrected chi connectivity index (χ3v) is 6.62. The summed E-state index contributed by atoms with van der Waals surface area (Å²) in [7, 11) is 0. The van der Waals surface area contributed by atoms with Crippen LogP contribution in [0.25, 0.3) is 0 Å². The van der Waals surface area contributed by atoms with Crippen LogP contribution in [0.15, 0.2) is 60.7 Å². The molecule has 2 aromatic carbocycles. The van der Waals surface area contributed by atoms with E-state index in [9.17, 15) is 14.4 Å². The highest BCUT2D eigenvalue weighted by atomic mass is 16.2. The molecular formula is C25H24N2O3. The first-order valence-electron chi connectivity index (χ1n) is 10.5. The van der Waals surface area contributed by atoms with Crippen LogP contribution < -0.4 is 10.2 Å². The number of rotatable bonds is 4. The normalized spacial score (nSPS) is 26.8. The van der Waals surface area contributed by atoms with Crippen molar-refractivity contribution in [2.24, 2.45) is 23.7 Å². The Morgan fingerprint density at radius 3 is 2.17 bits per heavy atom. The zero-order valence-electron chi connectivity index (χ0n) is 16.9. The number of imide groups is 1. The number of nitrogens with zero attached hydrogens (tertiary/aromatic N) is 1. The molecule has 5 nitrogen and oxygen atoms in total. The zero-order chi connectivity index (χ0) is 20.8. The number of amides is 3. The minimum atomic E-state index is -0.207. The van der Waals surface area contributed by atoms with E-state index in [0.717, 1.165) is 29.7 Å². The Labute approximate surface area is 175 Å².